The monoisotopic (exact) mass is 520 g/mol. The van der Waals surface area contributed by atoms with Crippen LogP contribution < -0.4 is 14.8 Å². The van der Waals surface area contributed by atoms with Crippen molar-refractivity contribution >= 4 is 40.0 Å². The number of pyridine rings is 2. The van der Waals surface area contributed by atoms with Crippen LogP contribution in [0.2, 0.25) is 5.02 Å². The second kappa shape index (κ2) is 9.98. The summed E-state index contributed by atoms with van der Waals surface area (Å²) in [7, 11) is 0. The predicted molar refractivity (Wildman–Crippen MR) is 136 cm³/mol. The lowest BCUT2D eigenvalue weighted by atomic mass is 9.96. The van der Waals surface area contributed by atoms with Crippen molar-refractivity contribution in [3.63, 3.8) is 0 Å². The molecule has 1 fully saturated rings. The first-order valence-corrected chi connectivity index (χ1v) is 11.7. The van der Waals surface area contributed by atoms with E-state index in [9.17, 15) is 9.18 Å². The van der Waals surface area contributed by atoms with Gasteiger partial charge in [0, 0.05) is 11.8 Å². The summed E-state index contributed by atoms with van der Waals surface area (Å²) in [6, 6.07) is 13.2. The van der Waals surface area contributed by atoms with Gasteiger partial charge in [0.05, 0.1) is 29.3 Å². The highest BCUT2D eigenvalue weighted by molar-refractivity contribution is 6.32. The van der Waals surface area contributed by atoms with E-state index in [0.29, 0.717) is 58.0 Å². The van der Waals surface area contributed by atoms with Crippen molar-refractivity contribution in [3.8, 4) is 11.6 Å². The summed E-state index contributed by atoms with van der Waals surface area (Å²) in [6.45, 7) is 6.39. The van der Waals surface area contributed by atoms with Gasteiger partial charge in [-0.2, -0.15) is 4.39 Å². The number of hydrogen-bond donors (Lipinski definition) is 1. The minimum absolute atomic E-state index is 0.0753. The first-order chi connectivity index (χ1) is 17.8. The van der Waals surface area contributed by atoms with Crippen LogP contribution in [0.1, 0.15) is 12.6 Å². The number of aromatic nitrogens is 4. The van der Waals surface area contributed by atoms with E-state index in [1.807, 2.05) is 6.92 Å². The van der Waals surface area contributed by atoms with Gasteiger partial charge in [-0.05, 0) is 49.4 Å². The number of carbonyl (C=O) groups excluding carboxylic acids is 1. The summed E-state index contributed by atoms with van der Waals surface area (Å²) in [5, 5.41) is 3.56. The average molecular weight is 521 g/mol. The minimum Gasteiger partial charge on any atom is -0.486 e. The number of rotatable bonds is 8. The van der Waals surface area contributed by atoms with Crippen molar-refractivity contribution in [1.82, 2.24) is 24.8 Å². The SMILES string of the molecule is C=CC(=O)N1CC(C)(Oc2ccc3ncnc(Nc4ccc(OCc5cccc(F)n5)c(Cl)c4)c3n2)C1. The molecule has 1 aromatic carbocycles. The molecule has 1 amide bonds. The number of carbonyl (C=O) groups is 1. The molecule has 0 atom stereocenters. The summed E-state index contributed by atoms with van der Waals surface area (Å²) in [5.74, 6) is 0.584. The van der Waals surface area contributed by atoms with Crippen molar-refractivity contribution in [2.24, 2.45) is 0 Å². The smallest absolute Gasteiger partial charge is 0.246 e. The fourth-order valence-corrected chi connectivity index (χ4v) is 4.18. The Balaban J connectivity index is 1.30. The molecule has 0 unspecified atom stereocenters. The summed E-state index contributed by atoms with van der Waals surface area (Å²) in [4.78, 5) is 30.4. The molecule has 4 aromatic rings. The zero-order valence-electron chi connectivity index (χ0n) is 19.8. The van der Waals surface area contributed by atoms with Gasteiger partial charge in [0.25, 0.3) is 0 Å². The van der Waals surface area contributed by atoms with E-state index in [1.54, 1.807) is 47.4 Å². The van der Waals surface area contributed by atoms with Crippen LogP contribution in [0.25, 0.3) is 11.0 Å². The second-order valence-corrected chi connectivity index (χ2v) is 9.11. The third-order valence-corrected chi connectivity index (χ3v) is 5.98. The Kier molecular flexibility index (Phi) is 6.58. The highest BCUT2D eigenvalue weighted by atomic mass is 35.5. The fraction of sp³-hybridized carbons (Fsp3) is 0.192. The van der Waals surface area contributed by atoms with Crippen molar-refractivity contribution in [2.75, 3.05) is 18.4 Å². The van der Waals surface area contributed by atoms with Gasteiger partial charge in [0.15, 0.2) is 5.82 Å². The molecule has 9 nitrogen and oxygen atoms in total. The second-order valence-electron chi connectivity index (χ2n) is 8.70. The van der Waals surface area contributed by atoms with Crippen molar-refractivity contribution in [3.05, 3.63) is 84.2 Å². The minimum atomic E-state index is -0.572. The Hall–Kier alpha value is -4.31. The molecule has 0 saturated carbocycles. The van der Waals surface area contributed by atoms with Gasteiger partial charge < -0.3 is 19.7 Å². The van der Waals surface area contributed by atoms with E-state index in [-0.39, 0.29) is 12.5 Å². The van der Waals surface area contributed by atoms with Gasteiger partial charge >= 0.3 is 0 Å². The van der Waals surface area contributed by atoms with Crippen LogP contribution in [0.15, 0.2) is 67.5 Å². The Bertz CT molecular complexity index is 1490. The number of amides is 1. The molecule has 4 heterocycles. The van der Waals surface area contributed by atoms with E-state index < -0.39 is 11.5 Å². The van der Waals surface area contributed by atoms with E-state index in [4.69, 9.17) is 21.1 Å². The van der Waals surface area contributed by atoms with Crippen molar-refractivity contribution in [2.45, 2.75) is 19.1 Å². The lowest BCUT2D eigenvalue weighted by molar-refractivity contribution is -0.143. The molecule has 0 radical (unpaired) electrons. The van der Waals surface area contributed by atoms with Gasteiger partial charge in [-0.3, -0.25) is 4.79 Å². The summed E-state index contributed by atoms with van der Waals surface area (Å²) >= 11 is 6.41. The lowest BCUT2D eigenvalue weighted by Crippen LogP contribution is -2.64. The molecule has 1 saturated heterocycles. The Morgan fingerprint density at radius 2 is 2.05 bits per heavy atom. The fourth-order valence-electron chi connectivity index (χ4n) is 3.95. The average Bonchev–Trinajstić information content (AvgIpc) is 2.86. The Morgan fingerprint density at radius 1 is 1.22 bits per heavy atom. The van der Waals surface area contributed by atoms with Gasteiger partial charge in [-0.15, -0.1) is 0 Å². The van der Waals surface area contributed by atoms with E-state index >= 15 is 0 Å². The first-order valence-electron chi connectivity index (χ1n) is 11.3. The molecule has 3 aromatic heterocycles. The van der Waals surface area contributed by atoms with Crippen LogP contribution >= 0.6 is 11.6 Å². The van der Waals surface area contributed by atoms with Crippen LogP contribution in [0.5, 0.6) is 11.6 Å². The van der Waals surface area contributed by atoms with E-state index in [2.05, 4.69) is 31.8 Å². The first kappa shape index (κ1) is 24.4. The molecule has 0 aliphatic carbocycles. The normalized spacial score (nSPS) is 14.1. The third kappa shape index (κ3) is 5.44. The number of benzene rings is 1. The van der Waals surface area contributed by atoms with Crippen molar-refractivity contribution in [1.29, 1.82) is 0 Å². The summed E-state index contributed by atoms with van der Waals surface area (Å²) in [6.07, 6.45) is 2.72. The number of ether oxygens (including phenoxy) is 2. The molecule has 1 aliphatic rings. The molecule has 1 N–H and O–H groups in total. The summed E-state index contributed by atoms with van der Waals surface area (Å²) in [5.41, 5.74) is 1.69. The molecular formula is C26H22ClFN6O3. The predicted octanol–water partition coefficient (Wildman–Crippen LogP) is 4.70. The standard InChI is InChI=1S/C26H22ClFN6O3/c1-3-23(35)34-13-26(2,14-34)37-22-10-8-19-24(33-22)25(30-15-29-19)32-16-7-9-20(18(27)11-16)36-12-17-5-4-6-21(28)31-17/h3-11,15H,1,12-14H2,2H3,(H,29,30,32). The zero-order chi connectivity index (χ0) is 26.0. The quantitative estimate of drug-likeness (QED) is 0.263. The number of nitrogens with zero attached hydrogens (tertiary/aromatic N) is 5. The molecular weight excluding hydrogens is 499 g/mol. The van der Waals surface area contributed by atoms with Crippen LogP contribution in [-0.2, 0) is 11.4 Å². The molecule has 1 aliphatic heterocycles. The molecule has 0 spiro atoms. The van der Waals surface area contributed by atoms with Crippen LogP contribution in [0, 0.1) is 5.95 Å². The number of hydrogen-bond acceptors (Lipinski definition) is 8. The highest BCUT2D eigenvalue weighted by Gasteiger charge is 2.43. The maximum atomic E-state index is 13.3. The number of fused-ring (bicyclic) bond motifs is 1. The maximum Gasteiger partial charge on any atom is 0.246 e. The molecule has 37 heavy (non-hydrogen) atoms. The van der Waals surface area contributed by atoms with Crippen LogP contribution in [-0.4, -0.2) is 49.4 Å². The molecule has 188 valence electrons. The Labute approximate surface area is 216 Å². The van der Waals surface area contributed by atoms with Gasteiger partial charge in [0.1, 0.15) is 29.8 Å². The third-order valence-electron chi connectivity index (χ3n) is 5.69. The number of likely N-dealkylation sites (tertiary alicyclic amines) is 1. The molecule has 5 rings (SSSR count). The topological polar surface area (TPSA) is 102 Å². The van der Waals surface area contributed by atoms with Gasteiger partial charge in [0.2, 0.25) is 17.7 Å². The zero-order valence-corrected chi connectivity index (χ0v) is 20.6. The van der Waals surface area contributed by atoms with Gasteiger partial charge in [-0.25, -0.2) is 19.9 Å². The van der Waals surface area contributed by atoms with Crippen LogP contribution in [0.4, 0.5) is 15.9 Å². The molecule has 11 heteroatoms. The van der Waals surface area contributed by atoms with Crippen LogP contribution in [0.3, 0.4) is 0 Å². The number of halogens is 2. The number of anilines is 2. The largest absolute Gasteiger partial charge is 0.486 e. The summed E-state index contributed by atoms with van der Waals surface area (Å²) < 4.78 is 25.1. The Morgan fingerprint density at radius 3 is 2.81 bits per heavy atom. The lowest BCUT2D eigenvalue weighted by Gasteiger charge is -2.46. The molecule has 0 bridgehead atoms. The van der Waals surface area contributed by atoms with E-state index in [1.165, 1.54) is 18.5 Å². The number of nitrogens with one attached hydrogen (secondary N) is 1. The maximum absolute atomic E-state index is 13.3. The van der Waals surface area contributed by atoms with E-state index in [0.717, 1.165) is 0 Å². The van der Waals surface area contributed by atoms with Crippen molar-refractivity contribution < 1.29 is 18.7 Å². The highest BCUT2D eigenvalue weighted by Crippen LogP contribution is 2.32. The van der Waals surface area contributed by atoms with Gasteiger partial charge in [-0.1, -0.05) is 24.2 Å².